The summed E-state index contributed by atoms with van der Waals surface area (Å²) in [6, 6.07) is 16.2. The van der Waals surface area contributed by atoms with E-state index in [4.69, 9.17) is 0 Å². The Morgan fingerprint density at radius 3 is 1.64 bits per heavy atom. The first-order valence-corrected chi connectivity index (χ1v) is 9.24. The fourth-order valence-electron chi connectivity index (χ4n) is 4.35. The Bertz CT molecular complexity index is 744. The van der Waals surface area contributed by atoms with Gasteiger partial charge in [-0.1, -0.05) is 48.5 Å². The van der Waals surface area contributed by atoms with E-state index in [2.05, 4.69) is 17.4 Å². The summed E-state index contributed by atoms with van der Waals surface area (Å²) >= 11 is 0. The van der Waals surface area contributed by atoms with Crippen LogP contribution >= 0.6 is 0 Å². The number of imide groups is 1. The van der Waals surface area contributed by atoms with Crippen LogP contribution in [0, 0.1) is 0 Å². The van der Waals surface area contributed by atoms with Gasteiger partial charge < -0.3 is 0 Å². The number of carbonyl (C=O) groups excluding carboxylic acids is 2. The average molecular weight is 333 g/mol. The molecule has 2 unspecified atom stereocenters. The van der Waals surface area contributed by atoms with E-state index >= 15 is 0 Å². The molecule has 2 aromatic carbocycles. The van der Waals surface area contributed by atoms with E-state index in [1.54, 1.807) is 0 Å². The number of nitrogens with one attached hydrogen (secondary N) is 1. The van der Waals surface area contributed by atoms with Crippen molar-refractivity contribution < 1.29 is 9.59 Å². The number of carbonyl (C=O) groups is 2. The van der Waals surface area contributed by atoms with Gasteiger partial charge in [0, 0.05) is 0 Å². The van der Waals surface area contributed by atoms with E-state index in [1.165, 1.54) is 11.1 Å². The predicted molar refractivity (Wildman–Crippen MR) is 97.4 cm³/mol. The largest absolute Gasteiger partial charge is 0.295 e. The molecule has 0 bridgehead atoms. The molecule has 0 aromatic heterocycles. The van der Waals surface area contributed by atoms with Gasteiger partial charge in [0.2, 0.25) is 11.8 Å². The molecule has 3 heteroatoms. The van der Waals surface area contributed by atoms with E-state index in [0.717, 1.165) is 49.7 Å². The van der Waals surface area contributed by atoms with Gasteiger partial charge >= 0.3 is 0 Å². The summed E-state index contributed by atoms with van der Waals surface area (Å²) in [7, 11) is 0. The molecule has 3 nitrogen and oxygen atoms in total. The third kappa shape index (κ3) is 3.11. The van der Waals surface area contributed by atoms with Gasteiger partial charge in [-0.25, -0.2) is 0 Å². The number of rotatable bonds is 2. The van der Waals surface area contributed by atoms with Crippen molar-refractivity contribution in [2.24, 2.45) is 0 Å². The maximum Gasteiger partial charge on any atom is 0.234 e. The molecule has 2 atom stereocenters. The molecule has 128 valence electrons. The summed E-state index contributed by atoms with van der Waals surface area (Å²) in [5.41, 5.74) is 4.65. The standard InChI is InChI=1S/C22H23NO2/c24-21(19-13-5-9-15-7-1-3-11-17(15)19)23-22(25)20-14-6-10-16-8-2-4-12-18(16)20/h1-4,7-8,11-12,19-20H,5-6,9-10,13-14H2,(H,23,24,25). The Labute approximate surface area is 148 Å². The lowest BCUT2D eigenvalue weighted by molar-refractivity contribution is -0.132. The normalized spacial score (nSPS) is 21.8. The minimum Gasteiger partial charge on any atom is -0.295 e. The summed E-state index contributed by atoms with van der Waals surface area (Å²) in [6.07, 6.45) is 5.66. The van der Waals surface area contributed by atoms with Crippen LogP contribution in [0.3, 0.4) is 0 Å². The summed E-state index contributed by atoms with van der Waals surface area (Å²) in [6.45, 7) is 0. The van der Waals surface area contributed by atoms with Crippen molar-refractivity contribution in [1.82, 2.24) is 5.32 Å². The van der Waals surface area contributed by atoms with Gasteiger partial charge in [-0.3, -0.25) is 14.9 Å². The monoisotopic (exact) mass is 333 g/mol. The maximum atomic E-state index is 12.8. The topological polar surface area (TPSA) is 46.2 Å². The van der Waals surface area contributed by atoms with Gasteiger partial charge in [-0.15, -0.1) is 0 Å². The first-order chi connectivity index (χ1) is 12.2. The Morgan fingerprint density at radius 1 is 0.720 bits per heavy atom. The molecule has 0 heterocycles. The number of hydrogen-bond acceptors (Lipinski definition) is 2. The van der Waals surface area contributed by atoms with Crippen molar-refractivity contribution in [3.8, 4) is 0 Å². The van der Waals surface area contributed by atoms with Crippen molar-refractivity contribution in [3.05, 3.63) is 70.8 Å². The van der Waals surface area contributed by atoms with Crippen LogP contribution in [0.15, 0.2) is 48.5 Å². The second kappa shape index (κ2) is 6.83. The fourth-order valence-corrected chi connectivity index (χ4v) is 4.35. The Balaban J connectivity index is 1.52. The number of amides is 2. The molecule has 0 fully saturated rings. The van der Waals surface area contributed by atoms with Crippen LogP contribution in [0.4, 0.5) is 0 Å². The maximum absolute atomic E-state index is 12.8. The summed E-state index contributed by atoms with van der Waals surface area (Å²) < 4.78 is 0. The second-order valence-corrected chi connectivity index (χ2v) is 7.14. The van der Waals surface area contributed by atoms with Crippen LogP contribution in [0.2, 0.25) is 0 Å². The molecule has 2 aliphatic rings. The SMILES string of the molecule is O=C(NC(=O)C1CCCc2ccccc21)C1CCCc2ccccc21. The first-order valence-electron chi connectivity index (χ1n) is 9.24. The van der Waals surface area contributed by atoms with E-state index < -0.39 is 0 Å². The second-order valence-electron chi connectivity index (χ2n) is 7.14. The third-order valence-electron chi connectivity index (χ3n) is 5.62. The Morgan fingerprint density at radius 2 is 1.16 bits per heavy atom. The van der Waals surface area contributed by atoms with Crippen molar-refractivity contribution >= 4 is 11.8 Å². The van der Waals surface area contributed by atoms with E-state index in [9.17, 15) is 9.59 Å². The Kier molecular flexibility index (Phi) is 4.39. The van der Waals surface area contributed by atoms with Gasteiger partial charge in [0.05, 0.1) is 11.8 Å². The van der Waals surface area contributed by atoms with Gasteiger partial charge in [-0.05, 0) is 60.8 Å². The minimum atomic E-state index is -0.201. The smallest absolute Gasteiger partial charge is 0.234 e. The van der Waals surface area contributed by atoms with Crippen molar-refractivity contribution in [2.75, 3.05) is 0 Å². The van der Waals surface area contributed by atoms with Crippen LogP contribution in [-0.2, 0) is 22.4 Å². The third-order valence-corrected chi connectivity index (χ3v) is 5.62. The molecule has 0 aliphatic heterocycles. The molecule has 0 spiro atoms. The van der Waals surface area contributed by atoms with Crippen molar-refractivity contribution in [1.29, 1.82) is 0 Å². The summed E-state index contributed by atoms with van der Waals surface area (Å²) in [5.74, 6) is -0.680. The van der Waals surface area contributed by atoms with E-state index in [-0.39, 0.29) is 23.7 Å². The molecule has 1 N–H and O–H groups in total. The number of hydrogen-bond donors (Lipinski definition) is 1. The average Bonchev–Trinajstić information content (AvgIpc) is 2.67. The molecule has 2 amide bonds. The number of fused-ring (bicyclic) bond motifs is 2. The van der Waals surface area contributed by atoms with Gasteiger partial charge in [0.25, 0.3) is 0 Å². The molecule has 0 saturated heterocycles. The van der Waals surface area contributed by atoms with Gasteiger partial charge in [0.15, 0.2) is 0 Å². The molecular weight excluding hydrogens is 310 g/mol. The van der Waals surface area contributed by atoms with Crippen LogP contribution in [-0.4, -0.2) is 11.8 Å². The molecule has 0 saturated carbocycles. The summed E-state index contributed by atoms with van der Waals surface area (Å²) in [5, 5.41) is 2.72. The van der Waals surface area contributed by atoms with Crippen LogP contribution in [0.25, 0.3) is 0 Å². The quantitative estimate of drug-likeness (QED) is 0.848. The first kappa shape index (κ1) is 16.1. The highest BCUT2D eigenvalue weighted by Gasteiger charge is 2.31. The zero-order valence-corrected chi connectivity index (χ0v) is 14.3. The molecular formula is C22H23NO2. The predicted octanol–water partition coefficient (Wildman–Crippen LogP) is 3.87. The van der Waals surface area contributed by atoms with E-state index in [1.807, 2.05) is 36.4 Å². The highest BCUT2D eigenvalue weighted by Crippen LogP contribution is 2.34. The lowest BCUT2D eigenvalue weighted by Crippen LogP contribution is -2.39. The molecule has 0 radical (unpaired) electrons. The molecule has 2 aromatic rings. The van der Waals surface area contributed by atoms with Gasteiger partial charge in [0.1, 0.15) is 0 Å². The van der Waals surface area contributed by atoms with E-state index in [0.29, 0.717) is 0 Å². The molecule has 4 rings (SSSR count). The van der Waals surface area contributed by atoms with Crippen molar-refractivity contribution in [3.63, 3.8) is 0 Å². The highest BCUT2D eigenvalue weighted by molar-refractivity contribution is 6.01. The highest BCUT2D eigenvalue weighted by atomic mass is 16.2. The number of aryl methyl sites for hydroxylation is 2. The van der Waals surface area contributed by atoms with Crippen LogP contribution in [0.1, 0.15) is 59.8 Å². The lowest BCUT2D eigenvalue weighted by Gasteiger charge is -2.27. The zero-order valence-electron chi connectivity index (χ0n) is 14.3. The fraction of sp³-hybridized carbons (Fsp3) is 0.364. The minimum absolute atomic E-state index is 0.139. The van der Waals surface area contributed by atoms with Crippen molar-refractivity contribution in [2.45, 2.75) is 50.4 Å². The van der Waals surface area contributed by atoms with Crippen LogP contribution < -0.4 is 5.32 Å². The molecule has 2 aliphatic carbocycles. The molecule has 25 heavy (non-hydrogen) atoms. The number of benzene rings is 2. The Hall–Kier alpha value is -2.42. The lowest BCUT2D eigenvalue weighted by atomic mass is 9.81. The summed E-state index contributed by atoms with van der Waals surface area (Å²) in [4.78, 5) is 25.6. The van der Waals surface area contributed by atoms with Crippen LogP contribution in [0.5, 0.6) is 0 Å². The zero-order chi connectivity index (χ0) is 17.2. The van der Waals surface area contributed by atoms with Gasteiger partial charge in [-0.2, -0.15) is 0 Å².